The van der Waals surface area contributed by atoms with Crippen molar-refractivity contribution in [3.63, 3.8) is 0 Å². The van der Waals surface area contributed by atoms with E-state index in [4.69, 9.17) is 5.73 Å². The van der Waals surface area contributed by atoms with E-state index in [-0.39, 0.29) is 17.9 Å². The van der Waals surface area contributed by atoms with Crippen LogP contribution < -0.4 is 5.73 Å². The smallest absolute Gasteiger partial charge is 0.127 e. The second kappa shape index (κ2) is 7.16. The summed E-state index contributed by atoms with van der Waals surface area (Å²) in [6, 6.07) is 11.3. The van der Waals surface area contributed by atoms with Crippen LogP contribution in [0.2, 0.25) is 0 Å². The van der Waals surface area contributed by atoms with Gasteiger partial charge in [0.1, 0.15) is 5.82 Å². The second-order valence-electron chi connectivity index (χ2n) is 5.27. The quantitative estimate of drug-likeness (QED) is 0.869. The Bertz CT molecular complexity index is 582. The summed E-state index contributed by atoms with van der Waals surface area (Å²) in [5.41, 5.74) is 6.70. The highest BCUT2D eigenvalue weighted by molar-refractivity contribution is 7.12. The molecule has 0 aliphatic carbocycles. The van der Waals surface area contributed by atoms with Crippen LogP contribution in [0.1, 0.15) is 41.2 Å². The molecule has 1 aromatic carbocycles. The van der Waals surface area contributed by atoms with Crippen LogP contribution in [0.25, 0.3) is 0 Å². The fourth-order valence-electron chi connectivity index (χ4n) is 2.55. The van der Waals surface area contributed by atoms with Crippen molar-refractivity contribution >= 4 is 11.3 Å². The van der Waals surface area contributed by atoms with Gasteiger partial charge in [-0.3, -0.25) is 4.90 Å². The van der Waals surface area contributed by atoms with Crippen molar-refractivity contribution in [3.05, 3.63) is 57.5 Å². The molecule has 0 fully saturated rings. The van der Waals surface area contributed by atoms with Crippen LogP contribution in [-0.2, 0) is 6.42 Å². The van der Waals surface area contributed by atoms with E-state index in [1.54, 1.807) is 17.4 Å². The molecule has 114 valence electrons. The molecule has 0 bridgehead atoms. The number of thiophene rings is 1. The summed E-state index contributed by atoms with van der Waals surface area (Å²) in [4.78, 5) is 4.76. The molecule has 4 heteroatoms. The van der Waals surface area contributed by atoms with E-state index >= 15 is 0 Å². The molecule has 2 N–H and O–H groups in total. The molecule has 21 heavy (non-hydrogen) atoms. The minimum Gasteiger partial charge on any atom is -0.329 e. The Labute approximate surface area is 130 Å². The number of nitrogens with zero attached hydrogens (tertiary/aromatic N) is 1. The zero-order valence-corrected chi connectivity index (χ0v) is 13.7. The Morgan fingerprint density at radius 3 is 2.52 bits per heavy atom. The van der Waals surface area contributed by atoms with Gasteiger partial charge < -0.3 is 5.73 Å². The first-order valence-electron chi connectivity index (χ1n) is 7.33. The molecule has 2 rings (SSSR count). The summed E-state index contributed by atoms with van der Waals surface area (Å²) in [6.07, 6.45) is 1.04. The van der Waals surface area contributed by atoms with Gasteiger partial charge >= 0.3 is 0 Å². The third-order valence-corrected chi connectivity index (χ3v) is 5.37. The Kier molecular flexibility index (Phi) is 5.51. The fraction of sp³-hybridized carbons (Fsp3) is 0.412. The summed E-state index contributed by atoms with van der Waals surface area (Å²) in [7, 11) is 2.01. The topological polar surface area (TPSA) is 29.3 Å². The Morgan fingerprint density at radius 2 is 1.95 bits per heavy atom. The van der Waals surface area contributed by atoms with E-state index in [0.717, 1.165) is 6.42 Å². The zero-order valence-electron chi connectivity index (χ0n) is 12.8. The van der Waals surface area contributed by atoms with Gasteiger partial charge in [0.2, 0.25) is 0 Å². The summed E-state index contributed by atoms with van der Waals surface area (Å²) in [6.45, 7) is 4.70. The van der Waals surface area contributed by atoms with Crippen LogP contribution in [0.15, 0.2) is 36.4 Å². The van der Waals surface area contributed by atoms with E-state index in [0.29, 0.717) is 12.1 Å². The monoisotopic (exact) mass is 306 g/mol. The van der Waals surface area contributed by atoms with Crippen LogP contribution in [0.4, 0.5) is 4.39 Å². The standard InChI is InChI=1S/C17H23FN2S/c1-4-13-9-10-17(21-13)16(11-19)20(3)12(2)14-7-5-6-8-15(14)18/h5-10,12,16H,4,11,19H2,1-3H3. The van der Waals surface area contributed by atoms with Crippen molar-refractivity contribution in [3.8, 4) is 0 Å². The number of rotatable bonds is 6. The molecule has 0 saturated heterocycles. The maximum absolute atomic E-state index is 14.0. The van der Waals surface area contributed by atoms with Crippen molar-refractivity contribution in [2.24, 2.45) is 5.73 Å². The normalized spacial score (nSPS) is 14.4. The van der Waals surface area contributed by atoms with Gasteiger partial charge in [-0.25, -0.2) is 4.39 Å². The van der Waals surface area contributed by atoms with Gasteiger partial charge in [0.25, 0.3) is 0 Å². The lowest BCUT2D eigenvalue weighted by Crippen LogP contribution is -2.32. The minimum absolute atomic E-state index is 0.0214. The highest BCUT2D eigenvalue weighted by Gasteiger charge is 2.24. The average molecular weight is 306 g/mol. The first kappa shape index (κ1) is 16.1. The number of nitrogens with two attached hydrogens (primary N) is 1. The average Bonchev–Trinajstić information content (AvgIpc) is 2.96. The molecule has 2 unspecified atom stereocenters. The summed E-state index contributed by atoms with van der Waals surface area (Å²) in [5, 5.41) is 0. The molecule has 0 radical (unpaired) electrons. The van der Waals surface area contributed by atoms with Gasteiger partial charge in [0.15, 0.2) is 0 Å². The Hall–Kier alpha value is -1.23. The lowest BCUT2D eigenvalue weighted by atomic mass is 10.0. The summed E-state index contributed by atoms with van der Waals surface area (Å²) < 4.78 is 14.0. The van der Waals surface area contributed by atoms with E-state index in [2.05, 4.69) is 24.0 Å². The van der Waals surface area contributed by atoms with Gasteiger partial charge in [-0.05, 0) is 38.6 Å². The number of benzene rings is 1. The largest absolute Gasteiger partial charge is 0.329 e. The molecule has 0 spiro atoms. The predicted molar refractivity (Wildman–Crippen MR) is 88.1 cm³/mol. The third-order valence-electron chi connectivity index (χ3n) is 4.04. The Morgan fingerprint density at radius 1 is 1.24 bits per heavy atom. The first-order valence-corrected chi connectivity index (χ1v) is 8.15. The number of likely N-dealkylation sites (N-methyl/N-ethyl adjacent to an activating group) is 1. The highest BCUT2D eigenvalue weighted by atomic mass is 32.1. The molecule has 2 nitrogen and oxygen atoms in total. The van der Waals surface area contributed by atoms with E-state index in [9.17, 15) is 4.39 Å². The van der Waals surface area contributed by atoms with Crippen LogP contribution in [0, 0.1) is 5.82 Å². The number of halogens is 1. The lowest BCUT2D eigenvalue weighted by Gasteiger charge is -2.32. The SMILES string of the molecule is CCc1ccc(C(CN)N(C)C(C)c2ccccc2F)s1. The van der Waals surface area contributed by atoms with Crippen LogP contribution >= 0.6 is 11.3 Å². The van der Waals surface area contributed by atoms with E-state index in [1.165, 1.54) is 15.8 Å². The molecule has 2 atom stereocenters. The maximum Gasteiger partial charge on any atom is 0.127 e. The first-order chi connectivity index (χ1) is 10.1. The molecular formula is C17H23FN2S. The molecule has 2 aromatic rings. The summed E-state index contributed by atoms with van der Waals surface area (Å²) in [5.74, 6) is -0.159. The van der Waals surface area contributed by atoms with Gasteiger partial charge in [-0.2, -0.15) is 0 Å². The third kappa shape index (κ3) is 3.51. The molecular weight excluding hydrogens is 283 g/mol. The summed E-state index contributed by atoms with van der Waals surface area (Å²) >= 11 is 1.80. The number of aryl methyl sites for hydroxylation is 1. The predicted octanol–water partition coefficient (Wildman–Crippen LogP) is 4.14. The number of hydrogen-bond acceptors (Lipinski definition) is 3. The van der Waals surface area contributed by atoms with Crippen molar-refractivity contribution in [1.29, 1.82) is 0 Å². The van der Waals surface area contributed by atoms with E-state index < -0.39 is 0 Å². The van der Waals surface area contributed by atoms with Crippen molar-refractivity contribution in [1.82, 2.24) is 4.90 Å². The molecule has 0 aliphatic heterocycles. The van der Waals surface area contributed by atoms with Crippen LogP contribution in [-0.4, -0.2) is 18.5 Å². The highest BCUT2D eigenvalue weighted by Crippen LogP contribution is 2.33. The molecule has 0 saturated carbocycles. The zero-order chi connectivity index (χ0) is 15.4. The van der Waals surface area contributed by atoms with Crippen molar-refractivity contribution in [2.75, 3.05) is 13.6 Å². The fourth-order valence-corrected chi connectivity index (χ4v) is 3.67. The van der Waals surface area contributed by atoms with Crippen LogP contribution in [0.3, 0.4) is 0 Å². The lowest BCUT2D eigenvalue weighted by molar-refractivity contribution is 0.189. The molecule has 0 aliphatic rings. The molecule has 1 aromatic heterocycles. The van der Waals surface area contributed by atoms with Gasteiger partial charge in [-0.1, -0.05) is 25.1 Å². The van der Waals surface area contributed by atoms with Gasteiger partial charge in [-0.15, -0.1) is 11.3 Å². The van der Waals surface area contributed by atoms with E-state index in [1.807, 2.05) is 26.1 Å². The minimum atomic E-state index is -0.159. The number of hydrogen-bond donors (Lipinski definition) is 1. The van der Waals surface area contributed by atoms with Gasteiger partial charge in [0, 0.05) is 27.9 Å². The maximum atomic E-state index is 14.0. The second-order valence-corrected chi connectivity index (χ2v) is 6.47. The molecule has 1 heterocycles. The van der Waals surface area contributed by atoms with Crippen molar-refractivity contribution < 1.29 is 4.39 Å². The van der Waals surface area contributed by atoms with Gasteiger partial charge in [0.05, 0.1) is 6.04 Å². The Balaban J connectivity index is 2.23. The van der Waals surface area contributed by atoms with Crippen LogP contribution in [0.5, 0.6) is 0 Å². The van der Waals surface area contributed by atoms with Crippen molar-refractivity contribution in [2.45, 2.75) is 32.4 Å². The molecule has 0 amide bonds.